The Labute approximate surface area is 108 Å². The van der Waals surface area contributed by atoms with E-state index in [4.69, 9.17) is 9.47 Å². The zero-order valence-electron chi connectivity index (χ0n) is 11.7. The first-order chi connectivity index (χ1) is 8.35. The molecular weight excluding hydrogens is 236 g/mol. The average Bonchev–Trinajstić information content (AvgIpc) is 2.23. The number of nitrogens with one attached hydrogen (secondary N) is 2. The van der Waals surface area contributed by atoms with Crippen LogP contribution < -0.4 is 10.6 Å². The second kappa shape index (κ2) is 8.74. The number of alkyl carbamates (subject to hydrolysis) is 1. The van der Waals surface area contributed by atoms with Crippen molar-refractivity contribution >= 4 is 12.0 Å². The van der Waals surface area contributed by atoms with Crippen molar-refractivity contribution in [3.8, 4) is 0 Å². The SMILES string of the molecule is CCOCC(=O)NCCCNC(=O)OC(C)(C)C. The third kappa shape index (κ3) is 11.2. The molecular formula is C12H24N2O4. The van der Waals surface area contributed by atoms with Crippen LogP contribution in [0.4, 0.5) is 4.79 Å². The standard InChI is InChI=1S/C12H24N2O4/c1-5-17-9-10(15)13-7-6-8-14-11(16)18-12(2,3)4/h5-9H2,1-4H3,(H,13,15)(H,14,16). The van der Waals surface area contributed by atoms with Gasteiger partial charge in [-0.05, 0) is 34.1 Å². The summed E-state index contributed by atoms with van der Waals surface area (Å²) in [5.41, 5.74) is -0.490. The molecule has 0 heterocycles. The Morgan fingerprint density at radius 1 is 1.11 bits per heavy atom. The fraction of sp³-hybridized carbons (Fsp3) is 0.833. The summed E-state index contributed by atoms with van der Waals surface area (Å²) in [7, 11) is 0. The Morgan fingerprint density at radius 2 is 1.72 bits per heavy atom. The largest absolute Gasteiger partial charge is 0.444 e. The minimum Gasteiger partial charge on any atom is -0.444 e. The summed E-state index contributed by atoms with van der Waals surface area (Å²) in [5.74, 6) is -0.144. The molecule has 18 heavy (non-hydrogen) atoms. The van der Waals surface area contributed by atoms with Gasteiger partial charge in [0.2, 0.25) is 5.91 Å². The molecule has 0 aliphatic carbocycles. The molecule has 0 radical (unpaired) electrons. The van der Waals surface area contributed by atoms with Crippen LogP contribution in [0.5, 0.6) is 0 Å². The van der Waals surface area contributed by atoms with Gasteiger partial charge in [-0.15, -0.1) is 0 Å². The fourth-order valence-corrected chi connectivity index (χ4v) is 1.07. The first-order valence-electron chi connectivity index (χ1n) is 6.16. The molecule has 6 heteroatoms. The van der Waals surface area contributed by atoms with Crippen LogP contribution in [0, 0.1) is 0 Å². The van der Waals surface area contributed by atoms with Crippen LogP contribution in [0.15, 0.2) is 0 Å². The van der Waals surface area contributed by atoms with Gasteiger partial charge in [0.1, 0.15) is 12.2 Å². The van der Waals surface area contributed by atoms with Crippen LogP contribution in [-0.4, -0.2) is 43.9 Å². The second-order valence-electron chi connectivity index (χ2n) is 4.77. The van der Waals surface area contributed by atoms with Gasteiger partial charge in [-0.1, -0.05) is 0 Å². The lowest BCUT2D eigenvalue weighted by Crippen LogP contribution is -2.35. The number of amides is 2. The van der Waals surface area contributed by atoms with Crippen molar-refractivity contribution in [1.82, 2.24) is 10.6 Å². The van der Waals surface area contributed by atoms with Crippen molar-refractivity contribution in [3.05, 3.63) is 0 Å². The number of rotatable bonds is 7. The second-order valence-corrected chi connectivity index (χ2v) is 4.77. The molecule has 106 valence electrons. The minimum absolute atomic E-state index is 0.0794. The van der Waals surface area contributed by atoms with Gasteiger partial charge in [0.25, 0.3) is 0 Å². The summed E-state index contributed by atoms with van der Waals surface area (Å²) >= 11 is 0. The molecule has 0 aromatic rings. The Bertz CT molecular complexity index is 261. The molecule has 0 unspecified atom stereocenters. The van der Waals surface area contributed by atoms with Crippen LogP contribution in [0.1, 0.15) is 34.1 Å². The number of carbonyl (C=O) groups excluding carboxylic acids is 2. The Balaban J connectivity index is 3.45. The van der Waals surface area contributed by atoms with E-state index in [9.17, 15) is 9.59 Å². The zero-order valence-corrected chi connectivity index (χ0v) is 11.7. The van der Waals surface area contributed by atoms with E-state index in [0.717, 1.165) is 0 Å². The highest BCUT2D eigenvalue weighted by atomic mass is 16.6. The summed E-state index contributed by atoms with van der Waals surface area (Å²) in [6.45, 7) is 8.81. The maximum atomic E-state index is 11.3. The molecule has 0 aromatic carbocycles. The number of hydrogen-bond donors (Lipinski definition) is 2. The Kier molecular flexibility index (Phi) is 8.11. The predicted molar refractivity (Wildman–Crippen MR) is 68.4 cm³/mol. The van der Waals surface area contributed by atoms with E-state index < -0.39 is 11.7 Å². The number of hydrogen-bond acceptors (Lipinski definition) is 4. The normalized spacial score (nSPS) is 10.9. The molecule has 0 aromatic heterocycles. The zero-order chi connectivity index (χ0) is 14.0. The number of ether oxygens (including phenoxy) is 2. The van der Waals surface area contributed by atoms with Crippen molar-refractivity contribution < 1.29 is 19.1 Å². The first kappa shape index (κ1) is 16.7. The Morgan fingerprint density at radius 3 is 2.28 bits per heavy atom. The van der Waals surface area contributed by atoms with Crippen LogP contribution in [0.3, 0.4) is 0 Å². The van der Waals surface area contributed by atoms with E-state index in [1.54, 1.807) is 20.8 Å². The van der Waals surface area contributed by atoms with Gasteiger partial charge in [0, 0.05) is 19.7 Å². The van der Waals surface area contributed by atoms with Crippen molar-refractivity contribution in [2.45, 2.75) is 39.7 Å². The van der Waals surface area contributed by atoms with Crippen LogP contribution >= 0.6 is 0 Å². The lowest BCUT2D eigenvalue weighted by Gasteiger charge is -2.19. The van der Waals surface area contributed by atoms with E-state index in [1.165, 1.54) is 0 Å². The maximum Gasteiger partial charge on any atom is 0.407 e. The molecule has 2 amide bonds. The van der Waals surface area contributed by atoms with Gasteiger partial charge in [-0.3, -0.25) is 4.79 Å². The van der Waals surface area contributed by atoms with Crippen LogP contribution in [-0.2, 0) is 14.3 Å². The summed E-state index contributed by atoms with van der Waals surface area (Å²) in [4.78, 5) is 22.4. The molecule has 0 rings (SSSR count). The highest BCUT2D eigenvalue weighted by molar-refractivity contribution is 5.77. The highest BCUT2D eigenvalue weighted by Gasteiger charge is 2.15. The van der Waals surface area contributed by atoms with Gasteiger partial charge in [-0.25, -0.2) is 4.79 Å². The van der Waals surface area contributed by atoms with Crippen molar-refractivity contribution in [1.29, 1.82) is 0 Å². The van der Waals surface area contributed by atoms with Crippen molar-refractivity contribution in [2.24, 2.45) is 0 Å². The molecule has 2 N–H and O–H groups in total. The van der Waals surface area contributed by atoms with Gasteiger partial charge in [0.05, 0.1) is 0 Å². The van der Waals surface area contributed by atoms with Crippen LogP contribution in [0.25, 0.3) is 0 Å². The monoisotopic (exact) mass is 260 g/mol. The molecule has 0 spiro atoms. The molecule has 0 aliphatic rings. The molecule has 0 atom stereocenters. The summed E-state index contributed by atoms with van der Waals surface area (Å²) in [5, 5.41) is 5.30. The first-order valence-corrected chi connectivity index (χ1v) is 6.16. The molecule has 0 aliphatic heterocycles. The molecule has 6 nitrogen and oxygen atoms in total. The van der Waals surface area contributed by atoms with Gasteiger partial charge >= 0.3 is 6.09 Å². The highest BCUT2D eigenvalue weighted by Crippen LogP contribution is 2.06. The van der Waals surface area contributed by atoms with Gasteiger partial charge < -0.3 is 20.1 Å². The minimum atomic E-state index is -0.490. The molecule has 0 saturated carbocycles. The van der Waals surface area contributed by atoms with E-state index in [2.05, 4.69) is 10.6 Å². The fourth-order valence-electron chi connectivity index (χ4n) is 1.07. The Hall–Kier alpha value is -1.30. The lowest BCUT2D eigenvalue weighted by molar-refractivity contribution is -0.125. The van der Waals surface area contributed by atoms with Crippen LogP contribution in [0.2, 0.25) is 0 Å². The summed E-state index contributed by atoms with van der Waals surface area (Å²) in [6.07, 6.45) is 0.208. The van der Waals surface area contributed by atoms with Gasteiger partial charge in [-0.2, -0.15) is 0 Å². The van der Waals surface area contributed by atoms with E-state index >= 15 is 0 Å². The molecule has 0 fully saturated rings. The maximum absolute atomic E-state index is 11.3. The topological polar surface area (TPSA) is 76.7 Å². The van der Waals surface area contributed by atoms with E-state index in [0.29, 0.717) is 26.1 Å². The number of carbonyl (C=O) groups is 2. The summed E-state index contributed by atoms with van der Waals surface area (Å²) < 4.78 is 10.0. The summed E-state index contributed by atoms with van der Waals surface area (Å²) in [6, 6.07) is 0. The predicted octanol–water partition coefficient (Wildman–Crippen LogP) is 1.05. The quantitative estimate of drug-likeness (QED) is 0.671. The average molecular weight is 260 g/mol. The third-order valence-electron chi connectivity index (χ3n) is 1.78. The van der Waals surface area contributed by atoms with Crippen molar-refractivity contribution in [3.63, 3.8) is 0 Å². The van der Waals surface area contributed by atoms with E-state index in [1.807, 2.05) is 6.92 Å². The van der Waals surface area contributed by atoms with Gasteiger partial charge in [0.15, 0.2) is 0 Å². The smallest absolute Gasteiger partial charge is 0.407 e. The van der Waals surface area contributed by atoms with E-state index in [-0.39, 0.29) is 12.5 Å². The molecule has 0 saturated heterocycles. The lowest BCUT2D eigenvalue weighted by atomic mass is 10.2. The third-order valence-corrected chi connectivity index (χ3v) is 1.78. The van der Waals surface area contributed by atoms with Crippen molar-refractivity contribution in [2.75, 3.05) is 26.3 Å². The molecule has 0 bridgehead atoms.